The third-order valence-electron chi connectivity index (χ3n) is 3.94. The van der Waals surface area contributed by atoms with Gasteiger partial charge in [0.1, 0.15) is 17.5 Å². The number of hydrogen-bond donors (Lipinski definition) is 1. The Balaban J connectivity index is 1.94. The van der Waals surface area contributed by atoms with Crippen LogP contribution in [0.25, 0.3) is 11.1 Å². The summed E-state index contributed by atoms with van der Waals surface area (Å²) >= 11 is 0. The van der Waals surface area contributed by atoms with Crippen LogP contribution < -0.4 is 15.8 Å². The van der Waals surface area contributed by atoms with Crippen molar-refractivity contribution in [2.24, 2.45) is 0 Å². The van der Waals surface area contributed by atoms with Crippen molar-refractivity contribution in [3.05, 3.63) is 63.1 Å². The Bertz CT molecular complexity index is 1050. The molecule has 1 N–H and O–H groups in total. The molecule has 0 aliphatic carbocycles. The Morgan fingerprint density at radius 3 is 2.73 bits per heavy atom. The first-order valence-corrected chi connectivity index (χ1v) is 7.65. The summed E-state index contributed by atoms with van der Waals surface area (Å²) in [6, 6.07) is 9.83. The number of carbonyl (C=O) groups excluding carboxylic acids is 1. The van der Waals surface area contributed by atoms with Gasteiger partial charge in [0.05, 0.1) is 23.6 Å². The second-order valence-corrected chi connectivity index (χ2v) is 5.51. The monoisotopic (exact) mass is 357 g/mol. The number of carbonyl (C=O) groups is 1. The van der Waals surface area contributed by atoms with E-state index in [1.165, 1.54) is 36.8 Å². The van der Waals surface area contributed by atoms with E-state index < -0.39 is 22.6 Å². The Hall–Kier alpha value is -3.62. The van der Waals surface area contributed by atoms with Crippen LogP contribution in [-0.2, 0) is 4.79 Å². The molecule has 0 spiro atoms. The second-order valence-electron chi connectivity index (χ2n) is 5.51. The highest BCUT2D eigenvalue weighted by atomic mass is 16.6. The zero-order valence-electron chi connectivity index (χ0n) is 14.0. The van der Waals surface area contributed by atoms with Crippen LogP contribution in [0.4, 0.5) is 11.4 Å². The summed E-state index contributed by atoms with van der Waals surface area (Å²) in [5, 5.41) is 13.7. The molecule has 1 unspecified atom stereocenters. The van der Waals surface area contributed by atoms with Crippen molar-refractivity contribution in [1.29, 1.82) is 0 Å². The number of benzene rings is 2. The molecule has 0 radical (unpaired) electrons. The molecule has 0 aliphatic heterocycles. The number of amides is 1. The third-order valence-corrected chi connectivity index (χ3v) is 3.94. The molecule has 1 amide bonds. The smallest absolute Gasteiger partial charge is 0.420 e. The van der Waals surface area contributed by atoms with E-state index in [0.29, 0.717) is 16.8 Å². The number of oxazole rings is 1. The quantitative estimate of drug-likeness (QED) is 0.554. The molecular weight excluding hydrogens is 342 g/mol. The van der Waals surface area contributed by atoms with Crippen LogP contribution in [0.2, 0.25) is 0 Å². The van der Waals surface area contributed by atoms with Crippen LogP contribution in [0.5, 0.6) is 5.75 Å². The first-order valence-electron chi connectivity index (χ1n) is 7.65. The fourth-order valence-electron chi connectivity index (χ4n) is 2.60. The van der Waals surface area contributed by atoms with Gasteiger partial charge in [-0.25, -0.2) is 4.79 Å². The van der Waals surface area contributed by atoms with Crippen molar-refractivity contribution in [3.63, 3.8) is 0 Å². The molecule has 9 nitrogen and oxygen atoms in total. The van der Waals surface area contributed by atoms with Gasteiger partial charge in [0, 0.05) is 0 Å². The van der Waals surface area contributed by atoms with E-state index in [1.807, 2.05) is 0 Å². The average molecular weight is 357 g/mol. The first-order chi connectivity index (χ1) is 12.4. The maximum Gasteiger partial charge on any atom is 0.420 e. The van der Waals surface area contributed by atoms with Crippen molar-refractivity contribution in [3.8, 4) is 5.75 Å². The predicted molar refractivity (Wildman–Crippen MR) is 93.5 cm³/mol. The van der Waals surface area contributed by atoms with Gasteiger partial charge in [0.15, 0.2) is 5.58 Å². The SMILES string of the molecule is COc1ccc(NC(=O)C(C)n2c(=O)oc3ccccc32)c([N+](=O)[O-])c1. The largest absolute Gasteiger partial charge is 0.496 e. The van der Waals surface area contributed by atoms with Gasteiger partial charge in [-0.2, -0.15) is 0 Å². The highest BCUT2D eigenvalue weighted by Crippen LogP contribution is 2.29. The van der Waals surface area contributed by atoms with Crippen molar-refractivity contribution in [2.75, 3.05) is 12.4 Å². The third kappa shape index (κ3) is 3.02. The molecule has 0 aliphatic rings. The second kappa shape index (κ2) is 6.71. The van der Waals surface area contributed by atoms with Gasteiger partial charge in [-0.05, 0) is 31.2 Å². The van der Waals surface area contributed by atoms with Crippen molar-refractivity contribution < 1.29 is 18.9 Å². The summed E-state index contributed by atoms with van der Waals surface area (Å²) in [5.74, 6) is -0.982. The minimum atomic E-state index is -0.937. The normalized spacial score (nSPS) is 11.9. The highest BCUT2D eigenvalue weighted by Gasteiger charge is 2.24. The van der Waals surface area contributed by atoms with E-state index in [9.17, 15) is 19.7 Å². The van der Waals surface area contributed by atoms with E-state index in [-0.39, 0.29) is 11.4 Å². The Labute approximate surface area is 146 Å². The van der Waals surface area contributed by atoms with E-state index in [1.54, 1.807) is 24.3 Å². The molecule has 26 heavy (non-hydrogen) atoms. The average Bonchev–Trinajstić information content (AvgIpc) is 2.96. The van der Waals surface area contributed by atoms with Gasteiger partial charge < -0.3 is 14.5 Å². The number of para-hydroxylation sites is 2. The fraction of sp³-hybridized carbons (Fsp3) is 0.176. The molecule has 0 saturated heterocycles. The van der Waals surface area contributed by atoms with E-state index in [4.69, 9.17) is 9.15 Å². The number of nitrogens with one attached hydrogen (secondary N) is 1. The number of hydrogen-bond acceptors (Lipinski definition) is 6. The number of methoxy groups -OCH3 is 1. The van der Waals surface area contributed by atoms with Gasteiger partial charge >= 0.3 is 5.76 Å². The van der Waals surface area contributed by atoms with Crippen molar-refractivity contribution in [1.82, 2.24) is 4.57 Å². The van der Waals surface area contributed by atoms with Gasteiger partial charge in [-0.15, -0.1) is 0 Å². The lowest BCUT2D eigenvalue weighted by Crippen LogP contribution is -2.29. The maximum absolute atomic E-state index is 12.6. The number of nitrogens with zero attached hydrogens (tertiary/aromatic N) is 2. The number of aromatic nitrogens is 1. The molecule has 134 valence electrons. The number of rotatable bonds is 5. The summed E-state index contributed by atoms with van der Waals surface area (Å²) in [7, 11) is 1.38. The minimum Gasteiger partial charge on any atom is -0.496 e. The molecule has 1 heterocycles. The fourth-order valence-corrected chi connectivity index (χ4v) is 2.60. The van der Waals surface area contributed by atoms with Crippen LogP contribution >= 0.6 is 0 Å². The van der Waals surface area contributed by atoms with Crippen LogP contribution in [0.15, 0.2) is 51.7 Å². The number of ether oxygens (including phenoxy) is 1. The molecular formula is C17H15N3O6. The Kier molecular flexibility index (Phi) is 4.44. The van der Waals surface area contributed by atoms with Crippen LogP contribution in [0.3, 0.4) is 0 Å². The number of nitro benzene ring substituents is 1. The number of fused-ring (bicyclic) bond motifs is 1. The molecule has 1 aromatic heterocycles. The lowest BCUT2D eigenvalue weighted by atomic mass is 10.2. The zero-order chi connectivity index (χ0) is 18.8. The molecule has 0 bridgehead atoms. The molecule has 9 heteroatoms. The summed E-state index contributed by atoms with van der Waals surface area (Å²) in [6.45, 7) is 1.51. The lowest BCUT2D eigenvalue weighted by Gasteiger charge is -2.13. The molecule has 1 atom stereocenters. The molecule has 0 fully saturated rings. The minimum absolute atomic E-state index is 0.00787. The summed E-state index contributed by atoms with van der Waals surface area (Å²) in [4.78, 5) is 35.3. The topological polar surface area (TPSA) is 117 Å². The molecule has 0 saturated carbocycles. The van der Waals surface area contributed by atoms with Crippen molar-refractivity contribution in [2.45, 2.75) is 13.0 Å². The molecule has 3 aromatic rings. The van der Waals surface area contributed by atoms with Gasteiger partial charge in [0.25, 0.3) is 5.69 Å². The van der Waals surface area contributed by atoms with Gasteiger partial charge in [0.2, 0.25) is 5.91 Å². The number of nitro groups is 1. The van der Waals surface area contributed by atoms with Crippen LogP contribution in [0, 0.1) is 10.1 Å². The maximum atomic E-state index is 12.6. The van der Waals surface area contributed by atoms with Gasteiger partial charge in [-0.1, -0.05) is 12.1 Å². The lowest BCUT2D eigenvalue weighted by molar-refractivity contribution is -0.384. The van der Waals surface area contributed by atoms with Crippen LogP contribution in [0.1, 0.15) is 13.0 Å². The first kappa shape index (κ1) is 17.2. The Morgan fingerprint density at radius 1 is 1.31 bits per heavy atom. The predicted octanol–water partition coefficient (Wildman–Crippen LogP) is 2.71. The molecule has 2 aromatic carbocycles. The summed E-state index contributed by atoms with van der Waals surface area (Å²) < 4.78 is 11.3. The van der Waals surface area contributed by atoms with Gasteiger partial charge in [-0.3, -0.25) is 19.5 Å². The summed E-state index contributed by atoms with van der Waals surface area (Å²) in [5.41, 5.74) is 0.514. The number of anilines is 1. The standard InChI is InChI=1S/C17H15N3O6/c1-10(19-13-5-3-4-6-15(13)26-17(19)22)16(21)18-12-8-7-11(25-2)9-14(12)20(23)24/h3-10H,1-2H3,(H,18,21). The van der Waals surface area contributed by atoms with E-state index >= 15 is 0 Å². The molecule has 3 rings (SSSR count). The summed E-state index contributed by atoms with van der Waals surface area (Å²) in [6.07, 6.45) is 0. The van der Waals surface area contributed by atoms with Crippen LogP contribution in [-0.4, -0.2) is 22.5 Å². The van der Waals surface area contributed by atoms with E-state index in [0.717, 1.165) is 0 Å². The van der Waals surface area contributed by atoms with Crippen molar-refractivity contribution >= 4 is 28.4 Å². The zero-order valence-corrected chi connectivity index (χ0v) is 14.0. The Morgan fingerprint density at radius 2 is 2.04 bits per heavy atom. The van der Waals surface area contributed by atoms with E-state index in [2.05, 4.69) is 5.32 Å². The highest BCUT2D eigenvalue weighted by molar-refractivity contribution is 5.96.